The Kier molecular flexibility index (Phi) is 7.43. The molecule has 2 heterocycles. The molecule has 0 saturated carbocycles. The van der Waals surface area contributed by atoms with Crippen molar-refractivity contribution in [1.29, 1.82) is 0 Å². The highest BCUT2D eigenvalue weighted by atomic mass is 35.5. The van der Waals surface area contributed by atoms with Crippen LogP contribution in [0.15, 0.2) is 12.3 Å². The lowest BCUT2D eigenvalue weighted by molar-refractivity contribution is -0.121. The number of hydrogen-bond donors (Lipinski definition) is 2. The summed E-state index contributed by atoms with van der Waals surface area (Å²) in [6, 6.07) is 1.75. The zero-order valence-electron chi connectivity index (χ0n) is 14.7. The summed E-state index contributed by atoms with van der Waals surface area (Å²) < 4.78 is 22.4. The predicted octanol–water partition coefficient (Wildman–Crippen LogP) is 0.492. The van der Waals surface area contributed by atoms with Gasteiger partial charge in [0.1, 0.15) is 15.7 Å². The smallest absolute Gasteiger partial charge is 0.221 e. The number of rotatable bonds is 6. The maximum atomic E-state index is 12.1. The molecular formula is C15H26ClN5O3S. The molecule has 8 nitrogen and oxygen atoms in total. The number of anilines is 2. The molecule has 1 aliphatic heterocycles. The van der Waals surface area contributed by atoms with Crippen LogP contribution < -0.4 is 16.0 Å². The van der Waals surface area contributed by atoms with Gasteiger partial charge in [-0.1, -0.05) is 13.8 Å². The Morgan fingerprint density at radius 3 is 2.68 bits per heavy atom. The van der Waals surface area contributed by atoms with E-state index in [4.69, 9.17) is 5.73 Å². The molecule has 0 bridgehead atoms. The SMILES string of the molecule is CC(C)[C@H]1CN(c2ccnc(N)n2)C[C@@H]1NC(=O)CCS(C)(=O)=O.Cl. The molecule has 2 rings (SSSR count). The second-order valence-electron chi connectivity index (χ2n) is 6.64. The van der Waals surface area contributed by atoms with E-state index in [1.807, 2.05) is 0 Å². The largest absolute Gasteiger partial charge is 0.368 e. The first kappa shape index (κ1) is 21.4. The van der Waals surface area contributed by atoms with Gasteiger partial charge in [0.15, 0.2) is 0 Å². The highest BCUT2D eigenvalue weighted by molar-refractivity contribution is 7.90. The molecule has 0 spiro atoms. The number of nitrogen functional groups attached to an aromatic ring is 1. The van der Waals surface area contributed by atoms with Gasteiger partial charge in [0.25, 0.3) is 0 Å². The van der Waals surface area contributed by atoms with E-state index in [1.165, 1.54) is 0 Å². The van der Waals surface area contributed by atoms with Crippen LogP contribution in [-0.4, -0.2) is 55.4 Å². The highest BCUT2D eigenvalue weighted by Crippen LogP contribution is 2.28. The number of halogens is 1. The monoisotopic (exact) mass is 391 g/mol. The van der Waals surface area contributed by atoms with Crippen LogP contribution in [0.1, 0.15) is 20.3 Å². The summed E-state index contributed by atoms with van der Waals surface area (Å²) in [4.78, 5) is 22.3. The molecule has 1 fully saturated rings. The number of amides is 1. The topological polar surface area (TPSA) is 118 Å². The molecular weight excluding hydrogens is 366 g/mol. The highest BCUT2D eigenvalue weighted by Gasteiger charge is 2.36. The third-order valence-corrected chi connectivity index (χ3v) is 5.20. The van der Waals surface area contributed by atoms with Gasteiger partial charge < -0.3 is 16.0 Å². The van der Waals surface area contributed by atoms with E-state index in [1.54, 1.807) is 12.3 Å². The van der Waals surface area contributed by atoms with E-state index in [-0.39, 0.29) is 48.4 Å². The number of nitrogens with two attached hydrogens (primary N) is 1. The van der Waals surface area contributed by atoms with Gasteiger partial charge in [-0.25, -0.2) is 13.4 Å². The third-order valence-electron chi connectivity index (χ3n) is 4.25. The fourth-order valence-corrected chi connectivity index (χ4v) is 3.50. The Balaban J connectivity index is 0.00000312. The van der Waals surface area contributed by atoms with Gasteiger partial charge in [-0.2, -0.15) is 4.98 Å². The van der Waals surface area contributed by atoms with E-state index < -0.39 is 9.84 Å². The number of hydrogen-bond acceptors (Lipinski definition) is 7. The average molecular weight is 392 g/mol. The quantitative estimate of drug-likeness (QED) is 0.724. The summed E-state index contributed by atoms with van der Waals surface area (Å²) in [5.41, 5.74) is 5.64. The predicted molar refractivity (Wildman–Crippen MR) is 100 cm³/mol. The summed E-state index contributed by atoms with van der Waals surface area (Å²) in [5.74, 6) is 1.21. The first-order valence-corrected chi connectivity index (χ1v) is 10.0. The summed E-state index contributed by atoms with van der Waals surface area (Å²) in [7, 11) is -3.14. The van der Waals surface area contributed by atoms with Crippen molar-refractivity contribution in [2.45, 2.75) is 26.3 Å². The van der Waals surface area contributed by atoms with Crippen molar-refractivity contribution in [2.24, 2.45) is 11.8 Å². The third kappa shape index (κ3) is 6.32. The Morgan fingerprint density at radius 1 is 1.44 bits per heavy atom. The zero-order chi connectivity index (χ0) is 17.9. The minimum Gasteiger partial charge on any atom is -0.368 e. The van der Waals surface area contributed by atoms with Gasteiger partial charge >= 0.3 is 0 Å². The molecule has 0 aliphatic carbocycles. The van der Waals surface area contributed by atoms with Gasteiger partial charge in [0.05, 0.1) is 11.8 Å². The van der Waals surface area contributed by atoms with Crippen molar-refractivity contribution >= 4 is 39.9 Å². The standard InChI is InChI=1S/C15H25N5O3S.ClH/c1-10(2)11-8-20(13-4-6-17-15(16)19-13)9-12(11)18-14(21)5-7-24(3,22)23;/h4,6,10-12H,5,7-9H2,1-3H3,(H,18,21)(H2,16,17,19);1H/t11-,12+;/m1./s1. The normalized spacial score (nSPS) is 20.4. The molecule has 1 aliphatic rings. The van der Waals surface area contributed by atoms with Gasteiger partial charge in [0, 0.05) is 37.9 Å². The number of sulfone groups is 1. The molecule has 1 aromatic heterocycles. The minimum atomic E-state index is -3.14. The molecule has 0 unspecified atom stereocenters. The Bertz CT molecular complexity index is 698. The summed E-state index contributed by atoms with van der Waals surface area (Å²) in [5, 5.41) is 2.98. The van der Waals surface area contributed by atoms with Crippen LogP contribution >= 0.6 is 12.4 Å². The summed E-state index contributed by atoms with van der Waals surface area (Å²) in [6.45, 7) is 5.59. The lowest BCUT2D eigenvalue weighted by Gasteiger charge is -2.22. The lowest BCUT2D eigenvalue weighted by atomic mass is 9.91. The number of nitrogens with one attached hydrogen (secondary N) is 1. The lowest BCUT2D eigenvalue weighted by Crippen LogP contribution is -2.42. The Labute approximate surface area is 154 Å². The Hall–Kier alpha value is -1.61. The number of aromatic nitrogens is 2. The average Bonchev–Trinajstić information content (AvgIpc) is 2.88. The molecule has 2 atom stereocenters. The number of carbonyl (C=O) groups excluding carboxylic acids is 1. The van der Waals surface area contributed by atoms with Crippen molar-refractivity contribution in [2.75, 3.05) is 35.7 Å². The second-order valence-corrected chi connectivity index (χ2v) is 8.90. The van der Waals surface area contributed by atoms with E-state index >= 15 is 0 Å². The minimum absolute atomic E-state index is 0. The molecule has 25 heavy (non-hydrogen) atoms. The van der Waals surface area contributed by atoms with E-state index in [0.717, 1.165) is 18.6 Å². The molecule has 142 valence electrons. The molecule has 0 radical (unpaired) electrons. The second kappa shape index (κ2) is 8.66. The van der Waals surface area contributed by atoms with Crippen molar-refractivity contribution in [1.82, 2.24) is 15.3 Å². The van der Waals surface area contributed by atoms with Gasteiger partial charge in [-0.05, 0) is 12.0 Å². The van der Waals surface area contributed by atoms with Gasteiger partial charge in [-0.15, -0.1) is 12.4 Å². The zero-order valence-corrected chi connectivity index (χ0v) is 16.3. The Morgan fingerprint density at radius 2 is 2.12 bits per heavy atom. The maximum Gasteiger partial charge on any atom is 0.221 e. The first-order chi connectivity index (χ1) is 11.2. The van der Waals surface area contributed by atoms with Crippen molar-refractivity contribution < 1.29 is 13.2 Å². The van der Waals surface area contributed by atoms with Gasteiger partial charge in [0.2, 0.25) is 11.9 Å². The van der Waals surface area contributed by atoms with E-state index in [2.05, 4.69) is 34.0 Å². The fourth-order valence-electron chi connectivity index (χ4n) is 2.94. The summed E-state index contributed by atoms with van der Waals surface area (Å²) >= 11 is 0. The van der Waals surface area contributed by atoms with Crippen LogP contribution in [0.25, 0.3) is 0 Å². The molecule has 0 aromatic carbocycles. The van der Waals surface area contributed by atoms with Crippen molar-refractivity contribution in [3.63, 3.8) is 0 Å². The van der Waals surface area contributed by atoms with Crippen LogP contribution in [0.4, 0.5) is 11.8 Å². The van der Waals surface area contributed by atoms with Crippen molar-refractivity contribution in [3.05, 3.63) is 12.3 Å². The van der Waals surface area contributed by atoms with Crippen LogP contribution in [-0.2, 0) is 14.6 Å². The maximum absolute atomic E-state index is 12.1. The molecule has 1 saturated heterocycles. The molecule has 3 N–H and O–H groups in total. The number of carbonyl (C=O) groups is 1. The van der Waals surface area contributed by atoms with Crippen LogP contribution in [0.3, 0.4) is 0 Å². The molecule has 1 aromatic rings. The van der Waals surface area contributed by atoms with Crippen LogP contribution in [0.5, 0.6) is 0 Å². The van der Waals surface area contributed by atoms with Crippen LogP contribution in [0.2, 0.25) is 0 Å². The van der Waals surface area contributed by atoms with E-state index in [9.17, 15) is 13.2 Å². The van der Waals surface area contributed by atoms with Gasteiger partial charge in [-0.3, -0.25) is 4.79 Å². The first-order valence-electron chi connectivity index (χ1n) is 7.96. The molecule has 10 heteroatoms. The number of nitrogens with zero attached hydrogens (tertiary/aromatic N) is 3. The summed E-state index contributed by atoms with van der Waals surface area (Å²) in [6.07, 6.45) is 2.73. The fraction of sp³-hybridized carbons (Fsp3) is 0.667. The van der Waals surface area contributed by atoms with E-state index in [0.29, 0.717) is 12.5 Å². The molecule has 1 amide bonds. The van der Waals surface area contributed by atoms with Crippen molar-refractivity contribution in [3.8, 4) is 0 Å². The van der Waals surface area contributed by atoms with Crippen LogP contribution in [0, 0.1) is 11.8 Å².